The lowest BCUT2D eigenvalue weighted by Crippen LogP contribution is -2.30. The number of hydrogen-bond acceptors (Lipinski definition) is 5. The van der Waals surface area contributed by atoms with Crippen molar-refractivity contribution in [2.75, 3.05) is 19.6 Å². The lowest BCUT2D eigenvalue weighted by atomic mass is 10.2. The number of halogens is 2. The zero-order valence-corrected chi connectivity index (χ0v) is 18.3. The van der Waals surface area contributed by atoms with Gasteiger partial charge >= 0.3 is 6.09 Å². The highest BCUT2D eigenvalue weighted by Crippen LogP contribution is 2.35. The van der Waals surface area contributed by atoms with Crippen LogP contribution in [0.15, 0.2) is 18.3 Å². The van der Waals surface area contributed by atoms with E-state index in [2.05, 4.69) is 21.0 Å². The molecule has 0 atom stereocenters. The normalized spacial score (nSPS) is 10.7. The SMILES string of the molecule is CCc1nn(CCNC(=O)O)cc1Oc1cc(Cl)cc(Cl)c1CNCCNC(C)=O. The maximum absolute atomic E-state index is 11.0. The Labute approximate surface area is 184 Å². The maximum Gasteiger partial charge on any atom is 0.404 e. The molecule has 1 aromatic carbocycles. The van der Waals surface area contributed by atoms with Gasteiger partial charge in [0.05, 0.1) is 17.8 Å². The first-order valence-electron chi connectivity index (χ1n) is 9.44. The fourth-order valence-corrected chi connectivity index (χ4v) is 3.21. The predicted molar refractivity (Wildman–Crippen MR) is 115 cm³/mol. The Morgan fingerprint density at radius 2 is 1.93 bits per heavy atom. The van der Waals surface area contributed by atoms with Crippen LogP contribution < -0.4 is 20.7 Å². The van der Waals surface area contributed by atoms with Gasteiger partial charge in [-0.3, -0.25) is 9.48 Å². The summed E-state index contributed by atoms with van der Waals surface area (Å²) in [4.78, 5) is 21.6. The number of carbonyl (C=O) groups is 2. The van der Waals surface area contributed by atoms with Crippen LogP contribution in [-0.4, -0.2) is 46.5 Å². The molecule has 0 fully saturated rings. The quantitative estimate of drug-likeness (QED) is 0.385. The molecule has 0 aliphatic heterocycles. The number of nitrogens with zero attached hydrogens (tertiary/aromatic N) is 2. The van der Waals surface area contributed by atoms with E-state index >= 15 is 0 Å². The van der Waals surface area contributed by atoms with E-state index in [1.807, 2.05) is 6.92 Å². The molecule has 2 amide bonds. The third-order valence-electron chi connectivity index (χ3n) is 4.07. The van der Waals surface area contributed by atoms with Gasteiger partial charge in [-0.1, -0.05) is 30.1 Å². The first kappa shape index (κ1) is 23.8. The average molecular weight is 458 g/mol. The molecular formula is C19H25Cl2N5O4. The van der Waals surface area contributed by atoms with Gasteiger partial charge < -0.3 is 25.8 Å². The molecule has 0 saturated carbocycles. The van der Waals surface area contributed by atoms with E-state index < -0.39 is 6.09 Å². The second-order valence-corrected chi connectivity index (χ2v) is 7.26. The molecule has 11 heteroatoms. The molecule has 0 unspecified atom stereocenters. The minimum atomic E-state index is -1.08. The molecule has 164 valence electrons. The van der Waals surface area contributed by atoms with Crippen molar-refractivity contribution in [2.45, 2.75) is 33.4 Å². The molecule has 2 rings (SSSR count). The third kappa shape index (κ3) is 7.40. The Kier molecular flexibility index (Phi) is 9.22. The maximum atomic E-state index is 11.0. The summed E-state index contributed by atoms with van der Waals surface area (Å²) in [5.74, 6) is 0.955. The van der Waals surface area contributed by atoms with E-state index in [0.29, 0.717) is 54.1 Å². The van der Waals surface area contributed by atoms with Crippen LogP contribution >= 0.6 is 23.2 Å². The largest absolute Gasteiger partial charge is 0.465 e. The lowest BCUT2D eigenvalue weighted by molar-refractivity contribution is -0.118. The van der Waals surface area contributed by atoms with E-state index in [1.54, 1.807) is 23.0 Å². The van der Waals surface area contributed by atoms with Crippen molar-refractivity contribution in [1.29, 1.82) is 0 Å². The fraction of sp³-hybridized carbons (Fsp3) is 0.421. The average Bonchev–Trinajstić information content (AvgIpc) is 3.04. The number of amides is 2. The highest BCUT2D eigenvalue weighted by atomic mass is 35.5. The number of benzene rings is 1. The second-order valence-electron chi connectivity index (χ2n) is 6.41. The van der Waals surface area contributed by atoms with Crippen molar-refractivity contribution in [1.82, 2.24) is 25.7 Å². The summed E-state index contributed by atoms with van der Waals surface area (Å²) in [5, 5.41) is 22.2. The Bertz CT molecular complexity index is 888. The molecule has 0 aliphatic carbocycles. The predicted octanol–water partition coefficient (Wildman–Crippen LogP) is 3.04. The highest BCUT2D eigenvalue weighted by Gasteiger charge is 2.15. The van der Waals surface area contributed by atoms with E-state index in [0.717, 1.165) is 11.3 Å². The van der Waals surface area contributed by atoms with Gasteiger partial charge in [0, 0.05) is 43.7 Å². The molecule has 30 heavy (non-hydrogen) atoms. The van der Waals surface area contributed by atoms with Gasteiger partial charge in [-0.25, -0.2) is 4.79 Å². The van der Waals surface area contributed by atoms with Crippen molar-refractivity contribution in [2.24, 2.45) is 0 Å². The number of aryl methyl sites for hydroxylation is 1. The van der Waals surface area contributed by atoms with Crippen LogP contribution in [0.5, 0.6) is 11.5 Å². The van der Waals surface area contributed by atoms with Crippen molar-refractivity contribution >= 4 is 35.2 Å². The lowest BCUT2D eigenvalue weighted by Gasteiger charge is -2.14. The summed E-state index contributed by atoms with van der Waals surface area (Å²) in [6, 6.07) is 3.32. The summed E-state index contributed by atoms with van der Waals surface area (Å²) >= 11 is 12.5. The molecule has 0 spiro atoms. The topological polar surface area (TPSA) is 118 Å². The molecule has 0 radical (unpaired) electrons. The molecule has 4 N–H and O–H groups in total. The highest BCUT2D eigenvalue weighted by molar-refractivity contribution is 6.35. The minimum absolute atomic E-state index is 0.0898. The summed E-state index contributed by atoms with van der Waals surface area (Å²) in [7, 11) is 0. The first-order valence-corrected chi connectivity index (χ1v) is 10.2. The van der Waals surface area contributed by atoms with Crippen LogP contribution in [0.1, 0.15) is 25.1 Å². The molecule has 2 aromatic rings. The second kappa shape index (κ2) is 11.6. The number of rotatable bonds is 11. The zero-order chi connectivity index (χ0) is 22.1. The molecule has 9 nitrogen and oxygen atoms in total. The summed E-state index contributed by atoms with van der Waals surface area (Å²) < 4.78 is 7.72. The Morgan fingerprint density at radius 1 is 1.17 bits per heavy atom. The molecular weight excluding hydrogens is 433 g/mol. The van der Waals surface area contributed by atoms with E-state index in [4.69, 9.17) is 33.0 Å². The smallest absolute Gasteiger partial charge is 0.404 e. The van der Waals surface area contributed by atoms with Crippen molar-refractivity contribution in [3.05, 3.63) is 39.6 Å². The fourth-order valence-electron chi connectivity index (χ4n) is 2.67. The van der Waals surface area contributed by atoms with Crippen LogP contribution in [0, 0.1) is 0 Å². The van der Waals surface area contributed by atoms with E-state index in [-0.39, 0.29) is 12.5 Å². The number of ether oxygens (including phenoxy) is 1. The molecule has 0 aliphatic rings. The number of carboxylic acid groups (broad SMARTS) is 1. The number of aromatic nitrogens is 2. The molecule has 1 aromatic heterocycles. The molecule has 1 heterocycles. The minimum Gasteiger partial charge on any atom is -0.465 e. The number of nitrogens with one attached hydrogen (secondary N) is 3. The van der Waals surface area contributed by atoms with Crippen LogP contribution in [0.2, 0.25) is 10.0 Å². The number of carbonyl (C=O) groups excluding carboxylic acids is 1. The summed E-state index contributed by atoms with van der Waals surface area (Å²) in [6.45, 7) is 5.49. The summed E-state index contributed by atoms with van der Waals surface area (Å²) in [5.41, 5.74) is 1.46. The van der Waals surface area contributed by atoms with Gasteiger partial charge in [0.2, 0.25) is 5.91 Å². The standard InChI is InChI=1S/C19H25Cl2N5O4/c1-3-16-18(11-26(25-16)7-6-24-19(28)29)30-17-9-13(20)8-15(21)14(17)10-22-4-5-23-12(2)27/h8-9,11,22,24H,3-7,10H2,1-2H3,(H,23,27)(H,28,29). The van der Waals surface area contributed by atoms with Crippen LogP contribution in [0.25, 0.3) is 0 Å². The Hall–Kier alpha value is -2.49. The van der Waals surface area contributed by atoms with Gasteiger partial charge in [-0.05, 0) is 18.6 Å². The Balaban J connectivity index is 2.13. The van der Waals surface area contributed by atoms with Crippen molar-refractivity contribution < 1.29 is 19.4 Å². The molecule has 0 saturated heterocycles. The van der Waals surface area contributed by atoms with Crippen LogP contribution in [0.3, 0.4) is 0 Å². The van der Waals surface area contributed by atoms with Crippen LogP contribution in [0.4, 0.5) is 4.79 Å². The monoisotopic (exact) mass is 457 g/mol. The van der Waals surface area contributed by atoms with E-state index in [1.165, 1.54) is 6.92 Å². The van der Waals surface area contributed by atoms with Gasteiger partial charge in [0.15, 0.2) is 5.75 Å². The third-order valence-corrected chi connectivity index (χ3v) is 4.62. The van der Waals surface area contributed by atoms with Crippen LogP contribution in [-0.2, 0) is 24.3 Å². The van der Waals surface area contributed by atoms with Gasteiger partial charge in [0.1, 0.15) is 11.4 Å². The van der Waals surface area contributed by atoms with Gasteiger partial charge in [-0.2, -0.15) is 5.10 Å². The number of hydrogen-bond donors (Lipinski definition) is 4. The summed E-state index contributed by atoms with van der Waals surface area (Å²) in [6.07, 6.45) is 1.26. The Morgan fingerprint density at radius 3 is 2.60 bits per heavy atom. The van der Waals surface area contributed by atoms with Gasteiger partial charge in [-0.15, -0.1) is 0 Å². The molecule has 0 bridgehead atoms. The first-order chi connectivity index (χ1) is 14.3. The van der Waals surface area contributed by atoms with E-state index in [9.17, 15) is 9.59 Å². The van der Waals surface area contributed by atoms with Crippen molar-refractivity contribution in [3.8, 4) is 11.5 Å². The zero-order valence-electron chi connectivity index (χ0n) is 16.8. The van der Waals surface area contributed by atoms with Gasteiger partial charge in [0.25, 0.3) is 0 Å². The van der Waals surface area contributed by atoms with Crippen molar-refractivity contribution in [3.63, 3.8) is 0 Å².